The second-order valence-corrected chi connectivity index (χ2v) is 5.92. The molecule has 0 saturated carbocycles. The lowest BCUT2D eigenvalue weighted by atomic mass is 9.92. The van der Waals surface area contributed by atoms with E-state index >= 15 is 0 Å². The number of nitrogens with zero attached hydrogens (tertiary/aromatic N) is 3. The second kappa shape index (κ2) is 5.56. The molecule has 4 nitrogen and oxygen atoms in total. The molecule has 1 aliphatic heterocycles. The summed E-state index contributed by atoms with van der Waals surface area (Å²) in [4.78, 5) is 2.37. The fourth-order valence-electron chi connectivity index (χ4n) is 3.29. The Morgan fingerprint density at radius 2 is 2.00 bits per heavy atom. The Balaban J connectivity index is 2.38. The third-order valence-electron chi connectivity index (χ3n) is 3.83. The number of nitrogens with two attached hydrogens (primary N) is 1. The van der Waals surface area contributed by atoms with Crippen LogP contribution in [-0.4, -0.2) is 17.7 Å². The maximum absolute atomic E-state index is 9.24. The molecule has 0 spiro atoms. The van der Waals surface area contributed by atoms with Crippen molar-refractivity contribution >= 4 is 11.5 Å². The Morgan fingerprint density at radius 3 is 2.53 bits per heavy atom. The van der Waals surface area contributed by atoms with Gasteiger partial charge < -0.3 is 15.2 Å². The van der Waals surface area contributed by atoms with E-state index in [2.05, 4.69) is 36.3 Å². The predicted molar refractivity (Wildman–Crippen MR) is 79.0 cm³/mol. The molecular weight excluding hydrogens is 236 g/mol. The van der Waals surface area contributed by atoms with Crippen LogP contribution in [0.1, 0.15) is 39.3 Å². The SMILES string of the molecule is CCCn1c(C#N)cc(N)c1N1CC(C)CC(C)C1. The van der Waals surface area contributed by atoms with Crippen molar-refractivity contribution in [3.05, 3.63) is 11.8 Å². The van der Waals surface area contributed by atoms with E-state index in [9.17, 15) is 5.26 Å². The van der Waals surface area contributed by atoms with Crippen LogP contribution in [-0.2, 0) is 6.54 Å². The number of rotatable bonds is 3. The molecule has 0 aromatic carbocycles. The molecule has 1 fully saturated rings. The van der Waals surface area contributed by atoms with E-state index in [1.807, 2.05) is 6.07 Å². The van der Waals surface area contributed by atoms with Crippen molar-refractivity contribution in [2.75, 3.05) is 23.7 Å². The highest BCUT2D eigenvalue weighted by Crippen LogP contribution is 2.33. The molecule has 1 aromatic heterocycles. The van der Waals surface area contributed by atoms with Crippen LogP contribution < -0.4 is 10.6 Å². The fraction of sp³-hybridized carbons (Fsp3) is 0.667. The number of aromatic nitrogens is 1. The highest BCUT2D eigenvalue weighted by molar-refractivity contribution is 5.68. The van der Waals surface area contributed by atoms with Gasteiger partial charge in [-0.25, -0.2) is 0 Å². The van der Waals surface area contributed by atoms with Crippen LogP contribution in [0.25, 0.3) is 0 Å². The summed E-state index contributed by atoms with van der Waals surface area (Å²) in [5.74, 6) is 2.41. The summed E-state index contributed by atoms with van der Waals surface area (Å²) in [6.07, 6.45) is 2.28. The second-order valence-electron chi connectivity index (χ2n) is 5.92. The quantitative estimate of drug-likeness (QED) is 0.909. The molecule has 2 heterocycles. The largest absolute Gasteiger partial charge is 0.396 e. The van der Waals surface area contributed by atoms with E-state index in [0.29, 0.717) is 17.5 Å². The maximum atomic E-state index is 9.24. The van der Waals surface area contributed by atoms with Gasteiger partial charge in [0.1, 0.15) is 17.6 Å². The maximum Gasteiger partial charge on any atom is 0.133 e. The molecule has 104 valence electrons. The Hall–Kier alpha value is -1.63. The zero-order chi connectivity index (χ0) is 14.0. The zero-order valence-electron chi connectivity index (χ0n) is 12.2. The van der Waals surface area contributed by atoms with Crippen LogP contribution in [0, 0.1) is 23.2 Å². The number of piperidine rings is 1. The molecule has 1 aromatic rings. The highest BCUT2D eigenvalue weighted by Gasteiger charge is 2.26. The standard InChI is InChI=1S/C15H24N4/c1-4-5-19-13(8-16)7-14(17)15(19)18-9-11(2)6-12(3)10-18/h7,11-12H,4-6,9-10,17H2,1-3H3. The molecule has 2 atom stereocenters. The van der Waals surface area contributed by atoms with Crippen molar-refractivity contribution in [3.8, 4) is 6.07 Å². The highest BCUT2D eigenvalue weighted by atomic mass is 15.3. The van der Waals surface area contributed by atoms with E-state index in [0.717, 1.165) is 37.6 Å². The molecule has 0 radical (unpaired) electrons. The van der Waals surface area contributed by atoms with E-state index in [1.54, 1.807) is 0 Å². The van der Waals surface area contributed by atoms with Crippen molar-refractivity contribution in [1.29, 1.82) is 5.26 Å². The fourth-order valence-corrected chi connectivity index (χ4v) is 3.29. The topological polar surface area (TPSA) is 58.0 Å². The Bertz CT molecular complexity index is 473. The molecular formula is C15H24N4. The number of hydrogen-bond donors (Lipinski definition) is 1. The van der Waals surface area contributed by atoms with Gasteiger partial charge in [0.25, 0.3) is 0 Å². The number of nitriles is 1. The van der Waals surface area contributed by atoms with Crippen LogP contribution in [0.4, 0.5) is 11.5 Å². The first-order valence-corrected chi connectivity index (χ1v) is 7.20. The molecule has 4 heteroatoms. The van der Waals surface area contributed by atoms with E-state index in [1.165, 1.54) is 6.42 Å². The minimum Gasteiger partial charge on any atom is -0.396 e. The number of hydrogen-bond acceptors (Lipinski definition) is 3. The molecule has 2 N–H and O–H groups in total. The van der Waals surface area contributed by atoms with Gasteiger partial charge in [0.2, 0.25) is 0 Å². The van der Waals surface area contributed by atoms with Gasteiger partial charge in [-0.2, -0.15) is 5.26 Å². The van der Waals surface area contributed by atoms with Crippen LogP contribution in [0.15, 0.2) is 6.07 Å². The van der Waals surface area contributed by atoms with Gasteiger partial charge in [-0.3, -0.25) is 0 Å². The average Bonchev–Trinajstić information content (AvgIpc) is 2.65. The summed E-state index contributed by atoms with van der Waals surface area (Å²) >= 11 is 0. The minimum absolute atomic E-state index is 0.679. The molecule has 1 saturated heterocycles. The molecule has 1 aliphatic rings. The zero-order valence-corrected chi connectivity index (χ0v) is 12.2. The normalized spacial score (nSPS) is 23.4. The smallest absolute Gasteiger partial charge is 0.133 e. The number of anilines is 2. The number of nitrogen functional groups attached to an aromatic ring is 1. The van der Waals surface area contributed by atoms with E-state index in [4.69, 9.17) is 5.73 Å². The van der Waals surface area contributed by atoms with Gasteiger partial charge in [-0.1, -0.05) is 20.8 Å². The predicted octanol–water partition coefficient (Wildman–Crippen LogP) is 2.83. The van der Waals surface area contributed by atoms with Crippen molar-refractivity contribution < 1.29 is 0 Å². The molecule has 0 bridgehead atoms. The van der Waals surface area contributed by atoms with E-state index < -0.39 is 0 Å². The third kappa shape index (κ3) is 2.70. The van der Waals surface area contributed by atoms with Gasteiger partial charge in [0.05, 0.1) is 5.69 Å². The monoisotopic (exact) mass is 260 g/mol. The lowest BCUT2D eigenvalue weighted by Crippen LogP contribution is -2.40. The molecule has 0 aliphatic carbocycles. The van der Waals surface area contributed by atoms with Gasteiger partial charge in [0.15, 0.2) is 0 Å². The van der Waals surface area contributed by atoms with Gasteiger partial charge in [-0.05, 0) is 30.7 Å². The van der Waals surface area contributed by atoms with Crippen LogP contribution in [0.5, 0.6) is 0 Å². The van der Waals surface area contributed by atoms with Crippen molar-refractivity contribution in [2.24, 2.45) is 11.8 Å². The summed E-state index contributed by atoms with van der Waals surface area (Å²) in [6.45, 7) is 9.63. The summed E-state index contributed by atoms with van der Waals surface area (Å²) in [5, 5.41) is 9.24. The Labute approximate surface area is 115 Å². The third-order valence-corrected chi connectivity index (χ3v) is 3.83. The van der Waals surface area contributed by atoms with Crippen molar-refractivity contribution in [3.63, 3.8) is 0 Å². The molecule has 2 rings (SSSR count). The van der Waals surface area contributed by atoms with Crippen LogP contribution >= 0.6 is 0 Å². The van der Waals surface area contributed by atoms with Crippen molar-refractivity contribution in [1.82, 2.24) is 4.57 Å². The summed E-state index contributed by atoms with van der Waals surface area (Å²) < 4.78 is 2.08. The lowest BCUT2D eigenvalue weighted by Gasteiger charge is -2.37. The van der Waals surface area contributed by atoms with Crippen LogP contribution in [0.2, 0.25) is 0 Å². The average molecular weight is 260 g/mol. The van der Waals surface area contributed by atoms with Gasteiger partial charge in [-0.15, -0.1) is 0 Å². The summed E-state index contributed by atoms with van der Waals surface area (Å²) in [7, 11) is 0. The first-order valence-electron chi connectivity index (χ1n) is 7.20. The van der Waals surface area contributed by atoms with Crippen molar-refractivity contribution in [2.45, 2.75) is 40.2 Å². The van der Waals surface area contributed by atoms with Gasteiger partial charge in [0, 0.05) is 19.6 Å². The lowest BCUT2D eigenvalue weighted by molar-refractivity contribution is 0.353. The Morgan fingerprint density at radius 1 is 1.37 bits per heavy atom. The molecule has 19 heavy (non-hydrogen) atoms. The van der Waals surface area contributed by atoms with E-state index in [-0.39, 0.29) is 0 Å². The molecule has 2 unspecified atom stereocenters. The summed E-state index contributed by atoms with van der Waals surface area (Å²) in [6, 6.07) is 4.07. The first kappa shape index (κ1) is 13.8. The summed E-state index contributed by atoms with van der Waals surface area (Å²) in [5.41, 5.74) is 7.58. The molecule has 0 amide bonds. The minimum atomic E-state index is 0.679. The first-order chi connectivity index (χ1) is 9.06. The Kier molecular flexibility index (Phi) is 4.04. The van der Waals surface area contributed by atoms with Gasteiger partial charge >= 0.3 is 0 Å². The van der Waals surface area contributed by atoms with Crippen LogP contribution in [0.3, 0.4) is 0 Å².